The van der Waals surface area contributed by atoms with Crippen molar-refractivity contribution in [1.29, 1.82) is 0 Å². The van der Waals surface area contributed by atoms with Crippen molar-refractivity contribution in [2.75, 3.05) is 11.5 Å². The second-order valence-corrected chi connectivity index (χ2v) is 9.82. The molecule has 0 radical (unpaired) electrons. The molecule has 136 valence electrons. The molecule has 0 unspecified atom stereocenters. The average Bonchev–Trinajstić information content (AvgIpc) is 2.67. The van der Waals surface area contributed by atoms with Crippen LogP contribution in [0.15, 0.2) is 60.7 Å². The SMILES string of the molecule is BrCCCCCCCCCCCP(c1ccccc1)c1ccccc1. The van der Waals surface area contributed by atoms with E-state index in [1.165, 1.54) is 79.9 Å². The Labute approximate surface area is 164 Å². The summed E-state index contributed by atoms with van der Waals surface area (Å²) in [5.74, 6) is 0. The summed E-state index contributed by atoms with van der Waals surface area (Å²) in [5.41, 5.74) is 0. The van der Waals surface area contributed by atoms with Crippen molar-refractivity contribution < 1.29 is 0 Å². The molecule has 2 aromatic rings. The Kier molecular flexibility index (Phi) is 11.2. The molecular formula is C23H32BrP. The van der Waals surface area contributed by atoms with E-state index in [0.29, 0.717) is 0 Å². The van der Waals surface area contributed by atoms with Crippen molar-refractivity contribution in [2.24, 2.45) is 0 Å². The van der Waals surface area contributed by atoms with Crippen LogP contribution in [0.25, 0.3) is 0 Å². The lowest BCUT2D eigenvalue weighted by atomic mass is 10.1. The summed E-state index contributed by atoms with van der Waals surface area (Å²) in [5, 5.41) is 4.21. The summed E-state index contributed by atoms with van der Waals surface area (Å²) in [6.07, 6.45) is 13.9. The molecule has 2 heteroatoms. The van der Waals surface area contributed by atoms with Crippen LogP contribution in [0.1, 0.15) is 57.8 Å². The van der Waals surface area contributed by atoms with Crippen molar-refractivity contribution in [3.63, 3.8) is 0 Å². The highest BCUT2D eigenvalue weighted by Gasteiger charge is 2.12. The van der Waals surface area contributed by atoms with Gasteiger partial charge in [0.1, 0.15) is 0 Å². The smallest absolute Gasteiger partial charge is 0.00313 e. The van der Waals surface area contributed by atoms with Crippen LogP contribution in [0.2, 0.25) is 0 Å². The van der Waals surface area contributed by atoms with E-state index in [0.717, 1.165) is 0 Å². The molecule has 0 saturated carbocycles. The molecule has 0 heterocycles. The van der Waals surface area contributed by atoms with Gasteiger partial charge in [-0.1, -0.05) is 122 Å². The van der Waals surface area contributed by atoms with Gasteiger partial charge in [-0.05, 0) is 37.5 Å². The van der Waals surface area contributed by atoms with Crippen LogP contribution >= 0.6 is 23.9 Å². The fourth-order valence-corrected chi connectivity index (χ4v) is 6.04. The summed E-state index contributed by atoms with van der Waals surface area (Å²) in [7, 11) is -0.190. The molecule has 0 atom stereocenters. The van der Waals surface area contributed by atoms with E-state index in [1.54, 1.807) is 0 Å². The fraction of sp³-hybridized carbons (Fsp3) is 0.478. The Morgan fingerprint density at radius 1 is 0.520 bits per heavy atom. The first-order valence-electron chi connectivity index (χ1n) is 9.85. The third-order valence-electron chi connectivity index (χ3n) is 4.65. The largest absolute Gasteiger partial charge is 0.0928 e. The Balaban J connectivity index is 1.69. The molecule has 0 aliphatic rings. The minimum Gasteiger partial charge on any atom is -0.0928 e. The van der Waals surface area contributed by atoms with E-state index in [-0.39, 0.29) is 7.92 Å². The van der Waals surface area contributed by atoms with Gasteiger partial charge in [-0.3, -0.25) is 0 Å². The van der Waals surface area contributed by atoms with Crippen LogP contribution in [-0.4, -0.2) is 11.5 Å². The van der Waals surface area contributed by atoms with E-state index < -0.39 is 0 Å². The molecule has 0 spiro atoms. The van der Waals surface area contributed by atoms with Crippen LogP contribution in [0.3, 0.4) is 0 Å². The lowest BCUT2D eigenvalue weighted by molar-refractivity contribution is 0.574. The van der Waals surface area contributed by atoms with Gasteiger partial charge in [-0.2, -0.15) is 0 Å². The zero-order valence-corrected chi connectivity index (χ0v) is 17.9. The predicted molar refractivity (Wildman–Crippen MR) is 119 cm³/mol. The first-order chi connectivity index (χ1) is 12.4. The number of halogens is 1. The van der Waals surface area contributed by atoms with Crippen LogP contribution in [0.5, 0.6) is 0 Å². The summed E-state index contributed by atoms with van der Waals surface area (Å²) >= 11 is 3.51. The van der Waals surface area contributed by atoms with Gasteiger partial charge in [-0.25, -0.2) is 0 Å². The third-order valence-corrected chi connectivity index (χ3v) is 7.82. The monoisotopic (exact) mass is 418 g/mol. The molecule has 0 aromatic heterocycles. The topological polar surface area (TPSA) is 0 Å². The normalized spacial score (nSPS) is 11.1. The highest BCUT2D eigenvalue weighted by Crippen LogP contribution is 2.34. The predicted octanol–water partition coefficient (Wildman–Crippen LogP) is 7.03. The minimum absolute atomic E-state index is 0.190. The second-order valence-electron chi connectivity index (χ2n) is 6.69. The zero-order chi connectivity index (χ0) is 17.6. The highest BCUT2D eigenvalue weighted by atomic mass is 79.9. The van der Waals surface area contributed by atoms with Gasteiger partial charge in [0, 0.05) is 5.33 Å². The summed E-state index contributed by atoms with van der Waals surface area (Å²) in [4.78, 5) is 0. The second kappa shape index (κ2) is 13.5. The molecule has 0 aliphatic heterocycles. The van der Waals surface area contributed by atoms with Crippen LogP contribution in [-0.2, 0) is 0 Å². The Hall–Kier alpha value is -0.650. The Bertz CT molecular complexity index is 501. The fourth-order valence-electron chi connectivity index (χ4n) is 3.22. The standard InChI is InChI=1S/C23H32BrP/c24-20-14-6-4-2-1-3-5-7-15-21-25(22-16-10-8-11-17-22)23-18-12-9-13-19-23/h8-13,16-19H,1-7,14-15,20-21H2. The lowest BCUT2D eigenvalue weighted by Crippen LogP contribution is -2.13. The van der Waals surface area contributed by atoms with Crippen molar-refractivity contribution in [1.82, 2.24) is 0 Å². The van der Waals surface area contributed by atoms with Crippen molar-refractivity contribution >= 4 is 34.5 Å². The molecule has 0 bridgehead atoms. The first-order valence-corrected chi connectivity index (χ1v) is 12.5. The maximum absolute atomic E-state index is 3.51. The first kappa shape index (κ1) is 20.7. The maximum Gasteiger partial charge on any atom is 0.00313 e. The minimum atomic E-state index is -0.190. The van der Waals surface area contributed by atoms with Crippen molar-refractivity contribution in [3.05, 3.63) is 60.7 Å². The van der Waals surface area contributed by atoms with Crippen molar-refractivity contribution in [3.8, 4) is 0 Å². The number of hydrogen-bond acceptors (Lipinski definition) is 0. The van der Waals surface area contributed by atoms with Crippen LogP contribution < -0.4 is 10.6 Å². The number of benzene rings is 2. The molecule has 2 aromatic carbocycles. The van der Waals surface area contributed by atoms with Crippen LogP contribution in [0.4, 0.5) is 0 Å². The molecule has 0 aliphatic carbocycles. The summed E-state index contributed by atoms with van der Waals surface area (Å²) in [6.45, 7) is 0. The third kappa shape index (κ3) is 8.52. The molecule has 2 rings (SSSR count). The quantitative estimate of drug-likeness (QED) is 0.186. The molecule has 25 heavy (non-hydrogen) atoms. The number of alkyl halides is 1. The van der Waals surface area contributed by atoms with Gasteiger partial charge in [0.25, 0.3) is 0 Å². The van der Waals surface area contributed by atoms with Gasteiger partial charge in [0.2, 0.25) is 0 Å². The van der Waals surface area contributed by atoms with Gasteiger partial charge in [0.05, 0.1) is 0 Å². The Morgan fingerprint density at radius 2 is 0.920 bits per heavy atom. The van der Waals surface area contributed by atoms with Gasteiger partial charge >= 0.3 is 0 Å². The number of unbranched alkanes of at least 4 members (excludes halogenated alkanes) is 8. The van der Waals surface area contributed by atoms with Crippen LogP contribution in [0, 0.1) is 0 Å². The lowest BCUT2D eigenvalue weighted by Gasteiger charge is -2.18. The highest BCUT2D eigenvalue weighted by molar-refractivity contribution is 9.09. The van der Waals surface area contributed by atoms with E-state index in [2.05, 4.69) is 76.6 Å². The van der Waals surface area contributed by atoms with Crippen molar-refractivity contribution in [2.45, 2.75) is 57.8 Å². The molecule has 0 amide bonds. The zero-order valence-electron chi connectivity index (χ0n) is 15.4. The molecule has 0 nitrogen and oxygen atoms in total. The van der Waals surface area contributed by atoms with E-state index in [4.69, 9.17) is 0 Å². The van der Waals surface area contributed by atoms with E-state index in [9.17, 15) is 0 Å². The Morgan fingerprint density at radius 3 is 1.36 bits per heavy atom. The van der Waals surface area contributed by atoms with E-state index >= 15 is 0 Å². The average molecular weight is 419 g/mol. The summed E-state index contributed by atoms with van der Waals surface area (Å²) < 4.78 is 0. The number of hydrogen-bond donors (Lipinski definition) is 0. The van der Waals surface area contributed by atoms with E-state index in [1.807, 2.05) is 0 Å². The molecule has 0 saturated heterocycles. The molecule has 0 N–H and O–H groups in total. The number of rotatable bonds is 13. The van der Waals surface area contributed by atoms with Gasteiger partial charge in [-0.15, -0.1) is 0 Å². The maximum atomic E-state index is 3.51. The van der Waals surface area contributed by atoms with Gasteiger partial charge < -0.3 is 0 Å². The summed E-state index contributed by atoms with van der Waals surface area (Å²) in [6, 6.07) is 22.2. The molecular weight excluding hydrogens is 387 g/mol. The van der Waals surface area contributed by atoms with Gasteiger partial charge in [0.15, 0.2) is 0 Å². The molecule has 0 fully saturated rings.